The first-order chi connectivity index (χ1) is 16.0. The van der Waals surface area contributed by atoms with Gasteiger partial charge in [0.15, 0.2) is 0 Å². The number of carbonyl (C=O) groups excluding carboxylic acids is 2. The van der Waals surface area contributed by atoms with Crippen LogP contribution >= 0.6 is 0 Å². The second-order valence-corrected chi connectivity index (χ2v) is 6.96. The van der Waals surface area contributed by atoms with Crippen molar-refractivity contribution in [2.45, 2.75) is 6.42 Å². The molecule has 1 aromatic heterocycles. The number of carbonyl (C=O) groups is 2. The molecule has 1 amide bonds. The molecule has 1 heterocycles. The molecule has 0 atom stereocenters. The lowest BCUT2D eigenvalue weighted by molar-refractivity contribution is -0.402. The molecule has 0 bridgehead atoms. The van der Waals surface area contributed by atoms with Crippen molar-refractivity contribution >= 4 is 34.7 Å². The van der Waals surface area contributed by atoms with Crippen molar-refractivity contribution in [2.75, 3.05) is 0 Å². The van der Waals surface area contributed by atoms with E-state index >= 15 is 0 Å². The second kappa shape index (κ2) is 9.56. The number of hydrazone groups is 1. The zero-order chi connectivity index (χ0) is 23.2. The summed E-state index contributed by atoms with van der Waals surface area (Å²) in [6.07, 6.45) is 1.65. The Hall–Kier alpha value is -4.79. The van der Waals surface area contributed by atoms with Crippen LogP contribution in [0.5, 0.6) is 5.75 Å². The summed E-state index contributed by atoms with van der Waals surface area (Å²) in [6.45, 7) is 0. The smallest absolute Gasteiger partial charge is 0.421 e. The molecule has 0 saturated carbocycles. The molecule has 164 valence electrons. The van der Waals surface area contributed by atoms with Crippen LogP contribution in [0.25, 0.3) is 10.8 Å². The van der Waals surface area contributed by atoms with Crippen molar-refractivity contribution in [1.29, 1.82) is 0 Å². The highest BCUT2D eigenvalue weighted by Crippen LogP contribution is 2.20. The number of benzene rings is 3. The highest BCUT2D eigenvalue weighted by molar-refractivity contribution is 5.91. The summed E-state index contributed by atoms with van der Waals surface area (Å²) in [5.41, 5.74) is 4.07. The average Bonchev–Trinajstić information content (AvgIpc) is 3.32. The van der Waals surface area contributed by atoms with E-state index in [1.165, 1.54) is 24.4 Å². The SMILES string of the molecule is O=C(Cc1cccc2ccccc12)NN=Cc1ccc(OC(=O)c2ccc([N+](=O)[O-])o2)cc1. The lowest BCUT2D eigenvalue weighted by atomic mass is 10.0. The zero-order valence-corrected chi connectivity index (χ0v) is 17.1. The first-order valence-corrected chi connectivity index (χ1v) is 9.84. The summed E-state index contributed by atoms with van der Waals surface area (Å²) in [6, 6.07) is 22.2. The van der Waals surface area contributed by atoms with Gasteiger partial charge in [0.1, 0.15) is 10.7 Å². The molecule has 4 rings (SSSR count). The van der Waals surface area contributed by atoms with Crippen LogP contribution in [0.3, 0.4) is 0 Å². The number of hydrogen-bond acceptors (Lipinski definition) is 7. The van der Waals surface area contributed by atoms with E-state index in [1.54, 1.807) is 12.1 Å². The maximum atomic E-state index is 12.3. The summed E-state index contributed by atoms with van der Waals surface area (Å²) in [5.74, 6) is -1.71. The van der Waals surface area contributed by atoms with Crippen LogP contribution in [-0.4, -0.2) is 23.0 Å². The van der Waals surface area contributed by atoms with Crippen LogP contribution in [0.2, 0.25) is 0 Å². The van der Waals surface area contributed by atoms with Gasteiger partial charge in [0.2, 0.25) is 11.7 Å². The molecular weight excluding hydrogens is 426 g/mol. The molecule has 0 spiro atoms. The Kier molecular flexibility index (Phi) is 6.21. The molecule has 0 unspecified atom stereocenters. The minimum Gasteiger partial charge on any atom is -0.421 e. The Bertz CT molecular complexity index is 1350. The summed E-state index contributed by atoms with van der Waals surface area (Å²) in [5, 5.41) is 16.7. The summed E-state index contributed by atoms with van der Waals surface area (Å²) in [7, 11) is 0. The zero-order valence-electron chi connectivity index (χ0n) is 17.1. The summed E-state index contributed by atoms with van der Waals surface area (Å²) >= 11 is 0. The first-order valence-electron chi connectivity index (χ1n) is 9.84. The third-order valence-corrected chi connectivity index (χ3v) is 4.70. The molecule has 0 saturated heterocycles. The third-order valence-electron chi connectivity index (χ3n) is 4.70. The van der Waals surface area contributed by atoms with E-state index in [4.69, 9.17) is 9.15 Å². The van der Waals surface area contributed by atoms with Crippen molar-refractivity contribution in [1.82, 2.24) is 5.43 Å². The van der Waals surface area contributed by atoms with Crippen molar-refractivity contribution < 1.29 is 23.7 Å². The molecule has 0 aliphatic carbocycles. The molecule has 9 nitrogen and oxygen atoms in total. The number of esters is 1. The lowest BCUT2D eigenvalue weighted by Crippen LogP contribution is -2.19. The van der Waals surface area contributed by atoms with E-state index in [-0.39, 0.29) is 23.8 Å². The lowest BCUT2D eigenvalue weighted by Gasteiger charge is -2.05. The van der Waals surface area contributed by atoms with Crippen LogP contribution < -0.4 is 10.2 Å². The maximum absolute atomic E-state index is 12.3. The van der Waals surface area contributed by atoms with Crippen molar-refractivity contribution in [2.24, 2.45) is 5.10 Å². The van der Waals surface area contributed by atoms with Crippen LogP contribution in [0, 0.1) is 10.1 Å². The molecule has 33 heavy (non-hydrogen) atoms. The maximum Gasteiger partial charge on any atom is 0.433 e. The molecule has 0 radical (unpaired) electrons. The minimum atomic E-state index is -0.856. The topological polar surface area (TPSA) is 124 Å². The fourth-order valence-electron chi connectivity index (χ4n) is 3.15. The Morgan fingerprint density at radius 2 is 1.76 bits per heavy atom. The number of nitro groups is 1. The standard InChI is InChI=1S/C24H17N3O6/c28-22(14-18-6-3-5-17-4-1-2-7-20(17)18)26-25-15-16-8-10-19(11-9-16)32-24(29)21-12-13-23(33-21)27(30)31/h1-13,15H,14H2,(H,26,28). The van der Waals surface area contributed by atoms with Crippen LogP contribution in [0.15, 0.2) is 88.4 Å². The second-order valence-electron chi connectivity index (χ2n) is 6.96. The van der Waals surface area contributed by atoms with Gasteiger partial charge in [-0.25, -0.2) is 10.2 Å². The van der Waals surface area contributed by atoms with Crippen LogP contribution in [0.1, 0.15) is 21.7 Å². The van der Waals surface area contributed by atoms with Gasteiger partial charge in [0.05, 0.1) is 18.7 Å². The number of fused-ring (bicyclic) bond motifs is 1. The van der Waals surface area contributed by atoms with E-state index in [2.05, 4.69) is 10.5 Å². The number of amides is 1. The fraction of sp³-hybridized carbons (Fsp3) is 0.0417. The largest absolute Gasteiger partial charge is 0.433 e. The van der Waals surface area contributed by atoms with Gasteiger partial charge in [0, 0.05) is 0 Å². The molecule has 1 N–H and O–H groups in total. The van der Waals surface area contributed by atoms with E-state index in [0.717, 1.165) is 22.4 Å². The van der Waals surface area contributed by atoms with Gasteiger partial charge >= 0.3 is 11.9 Å². The normalized spacial score (nSPS) is 10.9. The van der Waals surface area contributed by atoms with Gasteiger partial charge in [-0.2, -0.15) is 5.10 Å². The molecule has 3 aromatic carbocycles. The van der Waals surface area contributed by atoms with Gasteiger partial charge in [-0.3, -0.25) is 14.9 Å². The summed E-state index contributed by atoms with van der Waals surface area (Å²) in [4.78, 5) is 34.1. The van der Waals surface area contributed by atoms with Crippen LogP contribution in [0.4, 0.5) is 5.88 Å². The predicted molar refractivity (Wildman–Crippen MR) is 120 cm³/mol. The Balaban J connectivity index is 1.32. The van der Waals surface area contributed by atoms with E-state index in [0.29, 0.717) is 5.56 Å². The van der Waals surface area contributed by atoms with Gasteiger partial charge in [-0.05, 0) is 52.2 Å². The average molecular weight is 443 g/mol. The van der Waals surface area contributed by atoms with Crippen LogP contribution in [-0.2, 0) is 11.2 Å². The highest BCUT2D eigenvalue weighted by Gasteiger charge is 2.19. The summed E-state index contributed by atoms with van der Waals surface area (Å²) < 4.78 is 9.93. The number of hydrogen-bond donors (Lipinski definition) is 1. The molecule has 0 aliphatic rings. The number of rotatable bonds is 7. The van der Waals surface area contributed by atoms with Crippen molar-refractivity contribution in [3.63, 3.8) is 0 Å². The van der Waals surface area contributed by atoms with Crippen molar-refractivity contribution in [3.05, 3.63) is 106 Å². The van der Waals surface area contributed by atoms with Gasteiger partial charge in [-0.15, -0.1) is 0 Å². The van der Waals surface area contributed by atoms with E-state index in [1.807, 2.05) is 42.5 Å². The number of ether oxygens (including phenoxy) is 1. The van der Waals surface area contributed by atoms with E-state index < -0.39 is 16.8 Å². The van der Waals surface area contributed by atoms with Gasteiger partial charge in [-0.1, -0.05) is 42.5 Å². The molecule has 4 aromatic rings. The monoisotopic (exact) mass is 443 g/mol. The fourth-order valence-corrected chi connectivity index (χ4v) is 3.15. The Morgan fingerprint density at radius 3 is 2.52 bits per heavy atom. The highest BCUT2D eigenvalue weighted by atomic mass is 16.7. The first kappa shape index (κ1) is 21.4. The van der Waals surface area contributed by atoms with E-state index in [9.17, 15) is 19.7 Å². The van der Waals surface area contributed by atoms with Gasteiger partial charge in [0.25, 0.3) is 0 Å². The molecule has 9 heteroatoms. The minimum absolute atomic E-state index is 0.193. The Labute approximate surface area is 187 Å². The van der Waals surface area contributed by atoms with Crippen molar-refractivity contribution in [3.8, 4) is 5.75 Å². The quantitative estimate of drug-likeness (QED) is 0.150. The van der Waals surface area contributed by atoms with Gasteiger partial charge < -0.3 is 9.15 Å². The Morgan fingerprint density at radius 1 is 1.00 bits per heavy atom. The molecular formula is C24H17N3O6. The number of nitrogens with zero attached hydrogens (tertiary/aromatic N) is 2. The molecule has 0 fully saturated rings. The number of furan rings is 1. The third kappa shape index (κ3) is 5.28. The molecule has 0 aliphatic heterocycles. The predicted octanol–water partition coefficient (Wildman–Crippen LogP) is 4.25. The number of nitrogens with one attached hydrogen (secondary N) is 1.